The molecule has 0 aliphatic rings. The van der Waals surface area contributed by atoms with Gasteiger partial charge in [0.25, 0.3) is 10.1 Å². The molecule has 0 heterocycles. The maximum absolute atomic E-state index is 11.4. The van der Waals surface area contributed by atoms with Gasteiger partial charge in [0.15, 0.2) is 0 Å². The second kappa shape index (κ2) is 11.9. The summed E-state index contributed by atoms with van der Waals surface area (Å²) in [6.07, 6.45) is 5.72. The molecule has 126 valence electrons. The van der Waals surface area contributed by atoms with Gasteiger partial charge in [0.2, 0.25) is 0 Å². The van der Waals surface area contributed by atoms with Gasteiger partial charge in [-0.05, 0) is 30.7 Å². The molecule has 0 aliphatic heterocycles. The van der Waals surface area contributed by atoms with E-state index in [1.807, 2.05) is 0 Å². The van der Waals surface area contributed by atoms with Gasteiger partial charge in [-0.25, -0.2) is 4.79 Å². The van der Waals surface area contributed by atoms with Crippen molar-refractivity contribution in [3.8, 4) is 5.75 Å². The summed E-state index contributed by atoms with van der Waals surface area (Å²) in [5.41, 5.74) is 0. The van der Waals surface area contributed by atoms with Gasteiger partial charge in [-0.2, -0.15) is 8.42 Å². The summed E-state index contributed by atoms with van der Waals surface area (Å²) in [6.45, 7) is 2.45. The van der Waals surface area contributed by atoms with Crippen LogP contribution in [0.2, 0.25) is 0 Å². The molecule has 0 spiro atoms. The van der Waals surface area contributed by atoms with Gasteiger partial charge in [0, 0.05) is 0 Å². The second-order valence-electron chi connectivity index (χ2n) is 4.91. The first-order valence-corrected chi connectivity index (χ1v) is 8.79. The summed E-state index contributed by atoms with van der Waals surface area (Å²) in [7, 11) is -4.25. The second-order valence-corrected chi connectivity index (χ2v) is 6.34. The zero-order chi connectivity index (χ0) is 16.4. The minimum atomic E-state index is -4.25. The van der Waals surface area contributed by atoms with E-state index in [4.69, 9.17) is 14.0 Å². The van der Waals surface area contributed by atoms with Gasteiger partial charge >= 0.3 is 35.7 Å². The van der Waals surface area contributed by atoms with Crippen molar-refractivity contribution < 1.29 is 27.2 Å². The molecule has 8 heteroatoms. The van der Waals surface area contributed by atoms with Crippen LogP contribution in [0.15, 0.2) is 29.2 Å². The number of unbranched alkanes of at least 4 members (excludes halogenated alkanes) is 5. The molecule has 1 aromatic rings. The fraction of sp³-hybridized carbons (Fsp3) is 0.533. The van der Waals surface area contributed by atoms with E-state index in [9.17, 15) is 13.2 Å². The Labute approximate surface area is 159 Å². The van der Waals surface area contributed by atoms with Crippen molar-refractivity contribution in [1.82, 2.24) is 0 Å². The monoisotopic (exact) mass is 354 g/mol. The Balaban J connectivity index is 0.00000484. The maximum atomic E-state index is 11.4. The van der Waals surface area contributed by atoms with Gasteiger partial charge in [-0.1, -0.05) is 39.0 Å². The zero-order valence-corrected chi connectivity index (χ0v) is 13.5. The van der Waals surface area contributed by atoms with E-state index in [1.165, 1.54) is 31.4 Å². The fourth-order valence-corrected chi connectivity index (χ4v) is 2.32. The number of carbonyl (C=O) groups is 1. The van der Waals surface area contributed by atoms with Crippen LogP contribution in [0.3, 0.4) is 0 Å². The molecular weight excluding hydrogens is 331 g/mol. The van der Waals surface area contributed by atoms with E-state index >= 15 is 0 Å². The summed E-state index contributed by atoms with van der Waals surface area (Å²) >= 11 is 0. The van der Waals surface area contributed by atoms with Crippen molar-refractivity contribution >= 4 is 45.8 Å². The molecule has 0 fully saturated rings. The predicted molar refractivity (Wildman–Crippen MR) is 88.8 cm³/mol. The molecule has 1 N–H and O–H groups in total. The van der Waals surface area contributed by atoms with Crippen LogP contribution in [-0.4, -0.2) is 55.3 Å². The molecule has 0 aromatic heterocycles. The van der Waals surface area contributed by atoms with Gasteiger partial charge in [0.05, 0.1) is 11.5 Å². The molecule has 1 rings (SSSR count). The van der Waals surface area contributed by atoms with Crippen molar-refractivity contribution in [2.45, 2.75) is 50.3 Å². The topological polar surface area (TPSA) is 89.9 Å². The number of hydrogen-bond acceptors (Lipinski definition) is 5. The summed E-state index contributed by atoms with van der Waals surface area (Å²) < 4.78 is 40.3. The van der Waals surface area contributed by atoms with Crippen molar-refractivity contribution in [3.63, 3.8) is 0 Å². The van der Waals surface area contributed by atoms with Crippen LogP contribution in [0, 0.1) is 0 Å². The molecule has 0 radical (unpaired) electrons. The number of carbonyl (C=O) groups excluding carboxylic acids is 1. The zero-order valence-electron chi connectivity index (χ0n) is 12.7. The van der Waals surface area contributed by atoms with Gasteiger partial charge < -0.3 is 9.47 Å². The first-order valence-electron chi connectivity index (χ1n) is 7.35. The van der Waals surface area contributed by atoms with Crippen LogP contribution < -0.4 is 4.74 Å². The van der Waals surface area contributed by atoms with Crippen LogP contribution in [0.25, 0.3) is 0 Å². The molecule has 23 heavy (non-hydrogen) atoms. The van der Waals surface area contributed by atoms with E-state index < -0.39 is 16.3 Å². The number of benzene rings is 1. The van der Waals surface area contributed by atoms with Crippen molar-refractivity contribution in [1.29, 1.82) is 0 Å². The van der Waals surface area contributed by atoms with Crippen molar-refractivity contribution in [2.24, 2.45) is 0 Å². The number of ether oxygens (including phenoxy) is 2. The van der Waals surface area contributed by atoms with E-state index in [0.717, 1.165) is 31.4 Å². The standard InChI is InChI=1S/C15H22O6S.Na.H/c1-2-3-4-5-6-7-12-20-15(16)21-13-8-10-14(11-9-13)22(17,18)19;;/h8-11H,2-7,12H2,1H3,(H,17,18,19);;. The quantitative estimate of drug-likeness (QED) is 0.241. The minimum absolute atomic E-state index is 0. The van der Waals surface area contributed by atoms with Crippen LogP contribution in [0.5, 0.6) is 5.75 Å². The molecule has 0 saturated carbocycles. The summed E-state index contributed by atoms with van der Waals surface area (Å²) in [6, 6.07) is 4.83. The van der Waals surface area contributed by atoms with Crippen LogP contribution in [-0.2, 0) is 14.9 Å². The SMILES string of the molecule is CCCCCCCCOC(=O)Oc1ccc(S(=O)(=O)O)cc1.[NaH]. The number of hydrogen-bond donors (Lipinski definition) is 1. The van der Waals surface area contributed by atoms with Crippen molar-refractivity contribution in [2.75, 3.05) is 6.61 Å². The van der Waals surface area contributed by atoms with Gasteiger partial charge in [-0.3, -0.25) is 4.55 Å². The van der Waals surface area contributed by atoms with E-state index in [0.29, 0.717) is 6.61 Å². The average molecular weight is 354 g/mol. The average Bonchev–Trinajstić information content (AvgIpc) is 2.46. The normalized spacial score (nSPS) is 10.7. The molecule has 6 nitrogen and oxygen atoms in total. The molecule has 0 amide bonds. The van der Waals surface area contributed by atoms with Crippen molar-refractivity contribution in [3.05, 3.63) is 24.3 Å². The molecule has 0 aliphatic carbocycles. The Bertz CT molecular complexity index is 556. The molecule has 0 unspecified atom stereocenters. The van der Waals surface area contributed by atoms with E-state index in [-0.39, 0.29) is 40.2 Å². The third-order valence-corrected chi connectivity index (χ3v) is 3.91. The van der Waals surface area contributed by atoms with Gasteiger partial charge in [0.1, 0.15) is 5.75 Å². The first kappa shape index (κ1) is 22.4. The number of rotatable bonds is 9. The molecule has 0 atom stereocenters. The van der Waals surface area contributed by atoms with Crippen LogP contribution >= 0.6 is 0 Å². The summed E-state index contributed by atoms with van der Waals surface area (Å²) in [4.78, 5) is 11.2. The van der Waals surface area contributed by atoms with E-state index in [1.54, 1.807) is 0 Å². The summed E-state index contributed by atoms with van der Waals surface area (Å²) in [5.74, 6) is 0.153. The van der Waals surface area contributed by atoms with Crippen LogP contribution in [0.4, 0.5) is 4.79 Å². The Kier molecular flexibility index (Phi) is 11.6. The Morgan fingerprint density at radius 3 is 2.17 bits per heavy atom. The molecular formula is C15H23NaO6S. The Hall–Kier alpha value is -0.600. The Morgan fingerprint density at radius 2 is 1.61 bits per heavy atom. The first-order chi connectivity index (χ1) is 10.4. The fourth-order valence-electron chi connectivity index (χ4n) is 1.84. The Morgan fingerprint density at radius 1 is 1.04 bits per heavy atom. The van der Waals surface area contributed by atoms with E-state index in [2.05, 4.69) is 6.92 Å². The summed E-state index contributed by atoms with van der Waals surface area (Å²) in [5, 5.41) is 0. The van der Waals surface area contributed by atoms with Gasteiger partial charge in [-0.15, -0.1) is 0 Å². The molecule has 1 aromatic carbocycles. The predicted octanol–water partition coefficient (Wildman–Crippen LogP) is 3.16. The van der Waals surface area contributed by atoms with Crippen LogP contribution in [0.1, 0.15) is 45.4 Å². The molecule has 0 saturated heterocycles. The molecule has 0 bridgehead atoms. The third-order valence-electron chi connectivity index (χ3n) is 3.04. The third kappa shape index (κ3) is 9.99.